The predicted octanol–water partition coefficient (Wildman–Crippen LogP) is 9.26. The van der Waals surface area contributed by atoms with Gasteiger partial charge in [0.25, 0.3) is 0 Å². The van der Waals surface area contributed by atoms with Gasteiger partial charge < -0.3 is 10.3 Å². The molecule has 0 aliphatic rings. The van der Waals surface area contributed by atoms with Crippen LogP contribution in [0.4, 0.5) is 0 Å². The first-order valence-electron chi connectivity index (χ1n) is 13.5. The summed E-state index contributed by atoms with van der Waals surface area (Å²) in [6.07, 6.45) is 14.1. The van der Waals surface area contributed by atoms with E-state index in [1.165, 1.54) is 20.9 Å². The third kappa shape index (κ3) is 6.18. The van der Waals surface area contributed by atoms with Gasteiger partial charge in [-0.1, -0.05) is 58.2 Å². The molecule has 0 aliphatic heterocycles. The molecular weight excluding hydrogens is 510 g/mol. The van der Waals surface area contributed by atoms with Gasteiger partial charge in [-0.25, -0.2) is 4.98 Å². The predicted molar refractivity (Wildman–Crippen MR) is 173 cm³/mol. The van der Waals surface area contributed by atoms with Gasteiger partial charge in [0, 0.05) is 60.5 Å². The Balaban J connectivity index is 1.74. The first-order chi connectivity index (χ1) is 19.0. The number of pyridine rings is 1. The van der Waals surface area contributed by atoms with Crippen molar-refractivity contribution in [3.8, 4) is 11.4 Å². The molecule has 4 heterocycles. The van der Waals surface area contributed by atoms with Gasteiger partial charge >= 0.3 is 0 Å². The number of hydrogen-bond donors (Lipinski definition) is 3. The molecule has 0 radical (unpaired) electrons. The molecule has 0 aliphatic carbocycles. The minimum absolute atomic E-state index is 0.0679. The van der Waals surface area contributed by atoms with Crippen LogP contribution < -0.4 is 5.32 Å². The van der Waals surface area contributed by atoms with Crippen molar-refractivity contribution in [1.29, 1.82) is 0 Å². The third-order valence-corrected chi connectivity index (χ3v) is 7.85. The maximum atomic E-state index is 4.68. The zero-order valence-electron chi connectivity index (χ0n) is 24.6. The van der Waals surface area contributed by atoms with Gasteiger partial charge in [-0.05, 0) is 69.7 Å². The Labute approximate surface area is 241 Å². The minimum atomic E-state index is -0.0679. The summed E-state index contributed by atoms with van der Waals surface area (Å²) in [6, 6.07) is 8.70. The number of aromatic nitrogens is 4. The van der Waals surface area contributed by atoms with E-state index in [0.29, 0.717) is 5.65 Å². The number of aryl methyl sites for hydroxylation is 2. The second-order valence-electron chi connectivity index (χ2n) is 10.8. The highest BCUT2D eigenvalue weighted by atomic mass is 32.1. The lowest BCUT2D eigenvalue weighted by Crippen LogP contribution is -2.22. The summed E-state index contributed by atoms with van der Waals surface area (Å²) in [7, 11) is 0. The second-order valence-corrected chi connectivity index (χ2v) is 12.1. The van der Waals surface area contributed by atoms with E-state index < -0.39 is 0 Å². The molecule has 4 aromatic heterocycles. The van der Waals surface area contributed by atoms with E-state index in [4.69, 9.17) is 0 Å². The highest BCUT2D eigenvalue weighted by molar-refractivity contribution is 7.13. The molecule has 6 heteroatoms. The van der Waals surface area contributed by atoms with Gasteiger partial charge in [-0.3, -0.25) is 5.10 Å². The molecule has 0 saturated heterocycles. The Bertz CT molecular complexity index is 1670. The first kappa shape index (κ1) is 28.8. The second kappa shape index (κ2) is 11.9. The fourth-order valence-electron chi connectivity index (χ4n) is 4.32. The lowest BCUT2D eigenvalue weighted by molar-refractivity contribution is 0.478. The molecule has 0 atom stereocenters. The van der Waals surface area contributed by atoms with E-state index in [1.54, 1.807) is 11.3 Å². The molecule has 3 N–H and O–H groups in total. The fourth-order valence-corrected chi connectivity index (χ4v) is 5.23. The number of H-pyrrole nitrogens is 2. The van der Waals surface area contributed by atoms with E-state index in [9.17, 15) is 0 Å². The average Bonchev–Trinajstić information content (AvgIpc) is 3.64. The van der Waals surface area contributed by atoms with Crippen molar-refractivity contribution in [2.24, 2.45) is 5.41 Å². The minimum Gasteiger partial charge on any atom is -0.359 e. The Morgan fingerprint density at radius 2 is 1.90 bits per heavy atom. The number of hydrogen-bond acceptors (Lipinski definition) is 4. The molecule has 0 spiro atoms. The van der Waals surface area contributed by atoms with Crippen LogP contribution in [-0.4, -0.2) is 20.2 Å². The monoisotopic (exact) mass is 549 g/mol. The van der Waals surface area contributed by atoms with Crippen molar-refractivity contribution >= 4 is 33.5 Å². The number of nitrogens with one attached hydrogen (secondary N) is 3. The molecular formula is C34H39N5S. The quantitative estimate of drug-likeness (QED) is 0.182. The van der Waals surface area contributed by atoms with E-state index in [1.807, 2.05) is 26.1 Å². The number of aromatic amines is 2. The van der Waals surface area contributed by atoms with Gasteiger partial charge in [0.2, 0.25) is 0 Å². The number of thiophene rings is 1. The summed E-state index contributed by atoms with van der Waals surface area (Å²) in [4.78, 5) is 10.8. The number of fused-ring (bicyclic) bond motifs is 1. The van der Waals surface area contributed by atoms with Crippen molar-refractivity contribution in [2.75, 3.05) is 0 Å². The summed E-state index contributed by atoms with van der Waals surface area (Å²) in [5, 5.41) is 12.1. The molecule has 40 heavy (non-hydrogen) atoms. The van der Waals surface area contributed by atoms with E-state index in [2.05, 4.69) is 128 Å². The van der Waals surface area contributed by atoms with Crippen molar-refractivity contribution < 1.29 is 0 Å². The highest BCUT2D eigenvalue weighted by Crippen LogP contribution is 2.35. The first-order valence-corrected chi connectivity index (χ1v) is 14.3. The molecule has 0 saturated carbocycles. The standard InChI is InChI=1S/C34H39N5S/c1-10-13-14-27(31-16-15-21(4)40-31)28-19-30(36-22(28)5)32-29-18-25(20-35-33(29)39-38-32)24(11-2)17-26(12-3)37-23(6)34(7,8)9/h10-20,36-37H,3,6H2,1-2,4-5,7-9H3,(H,35,38,39)/b13-10-,24-11+,26-17+,27-14+. The van der Waals surface area contributed by atoms with E-state index in [-0.39, 0.29) is 5.41 Å². The summed E-state index contributed by atoms with van der Waals surface area (Å²) in [5.74, 6) is 0. The molecule has 0 aromatic carbocycles. The summed E-state index contributed by atoms with van der Waals surface area (Å²) in [6.45, 7) is 22.9. The normalized spacial score (nSPS) is 13.4. The average molecular weight is 550 g/mol. The Kier molecular flexibility index (Phi) is 8.60. The lowest BCUT2D eigenvalue weighted by atomic mass is 9.92. The number of allylic oxidation sites excluding steroid dienone is 8. The van der Waals surface area contributed by atoms with Crippen molar-refractivity contribution in [1.82, 2.24) is 25.5 Å². The SMILES string of the molecule is C=C/C(=C\C(=C/C)c1cnc2n[nH]c(-c3cc(/C(=C\C=C/C)c4ccc(C)s4)c(C)[nH]3)c2c1)NC(=C)C(C)(C)C. The van der Waals surface area contributed by atoms with Gasteiger partial charge in [0.15, 0.2) is 5.65 Å². The Hall–Kier alpha value is -4.16. The van der Waals surface area contributed by atoms with Crippen molar-refractivity contribution in [3.63, 3.8) is 0 Å². The van der Waals surface area contributed by atoms with Crippen LogP contribution >= 0.6 is 11.3 Å². The van der Waals surface area contributed by atoms with Gasteiger partial charge in [0.05, 0.1) is 11.4 Å². The Morgan fingerprint density at radius 1 is 1.12 bits per heavy atom. The summed E-state index contributed by atoms with van der Waals surface area (Å²) < 4.78 is 0. The number of nitrogens with zero attached hydrogens (tertiary/aromatic N) is 2. The molecule has 0 amide bonds. The van der Waals surface area contributed by atoms with Crippen molar-refractivity contribution in [3.05, 3.63) is 118 Å². The van der Waals surface area contributed by atoms with Gasteiger partial charge in [0.1, 0.15) is 0 Å². The highest BCUT2D eigenvalue weighted by Gasteiger charge is 2.18. The van der Waals surface area contributed by atoms with Gasteiger partial charge in [-0.15, -0.1) is 11.3 Å². The molecule has 0 bridgehead atoms. The van der Waals surface area contributed by atoms with Crippen molar-refractivity contribution in [2.45, 2.75) is 48.5 Å². The lowest BCUT2D eigenvalue weighted by Gasteiger charge is -2.23. The molecule has 5 nitrogen and oxygen atoms in total. The largest absolute Gasteiger partial charge is 0.359 e. The summed E-state index contributed by atoms with van der Waals surface area (Å²) >= 11 is 1.80. The zero-order chi connectivity index (χ0) is 29.0. The van der Waals surface area contributed by atoms with Crippen LogP contribution in [0.25, 0.3) is 33.6 Å². The topological polar surface area (TPSA) is 69.4 Å². The van der Waals surface area contributed by atoms with E-state index >= 15 is 0 Å². The van der Waals surface area contributed by atoms with Crippen LogP contribution in [0.3, 0.4) is 0 Å². The van der Waals surface area contributed by atoms with Gasteiger partial charge in [-0.2, -0.15) is 5.10 Å². The number of rotatable bonds is 9. The fraction of sp³-hybridized carbons (Fsp3) is 0.235. The maximum absolute atomic E-state index is 4.68. The van der Waals surface area contributed by atoms with Crippen LogP contribution in [0.15, 0.2) is 91.5 Å². The van der Waals surface area contributed by atoms with Crippen LogP contribution in [0.1, 0.15) is 61.2 Å². The maximum Gasteiger partial charge on any atom is 0.181 e. The zero-order valence-corrected chi connectivity index (χ0v) is 25.4. The molecule has 0 unspecified atom stereocenters. The molecule has 206 valence electrons. The molecule has 4 aromatic rings. The smallest absolute Gasteiger partial charge is 0.181 e. The van der Waals surface area contributed by atoms with Crippen LogP contribution in [-0.2, 0) is 0 Å². The molecule has 0 fully saturated rings. The van der Waals surface area contributed by atoms with Crippen LogP contribution in [0.5, 0.6) is 0 Å². The van der Waals surface area contributed by atoms with Crippen LogP contribution in [0, 0.1) is 19.3 Å². The van der Waals surface area contributed by atoms with Crippen LogP contribution in [0.2, 0.25) is 0 Å². The molecule has 4 rings (SSSR count). The third-order valence-electron chi connectivity index (χ3n) is 6.82. The Morgan fingerprint density at radius 3 is 2.52 bits per heavy atom. The van der Waals surface area contributed by atoms with E-state index in [0.717, 1.165) is 45.0 Å². The summed E-state index contributed by atoms with van der Waals surface area (Å²) in [5.41, 5.74) is 9.78.